The van der Waals surface area contributed by atoms with Crippen LogP contribution < -0.4 is 10.2 Å². The van der Waals surface area contributed by atoms with Gasteiger partial charge in [-0.1, -0.05) is 6.07 Å². The van der Waals surface area contributed by atoms with Crippen LogP contribution in [-0.4, -0.2) is 38.8 Å². The van der Waals surface area contributed by atoms with E-state index in [1.54, 1.807) is 6.07 Å². The summed E-state index contributed by atoms with van der Waals surface area (Å²) in [6, 6.07) is 8.14. The van der Waals surface area contributed by atoms with E-state index in [1.807, 2.05) is 12.1 Å². The molecule has 1 aliphatic rings. The molecule has 104 valence electrons. The van der Waals surface area contributed by atoms with E-state index in [-0.39, 0.29) is 5.97 Å². The molecular weight excluding hydrogens is 240 g/mol. The molecule has 1 atom stereocenters. The van der Waals surface area contributed by atoms with Gasteiger partial charge in [0.1, 0.15) is 0 Å². The number of esters is 1. The first kappa shape index (κ1) is 13.9. The Morgan fingerprint density at radius 1 is 1.42 bits per heavy atom. The van der Waals surface area contributed by atoms with E-state index in [0.717, 1.165) is 25.3 Å². The maximum atomic E-state index is 11.6. The lowest BCUT2D eigenvalue weighted by Gasteiger charge is -2.31. The molecule has 0 aliphatic carbocycles. The Morgan fingerprint density at radius 3 is 3.05 bits per heavy atom. The van der Waals surface area contributed by atoms with Crippen molar-refractivity contribution < 1.29 is 9.53 Å². The van der Waals surface area contributed by atoms with E-state index >= 15 is 0 Å². The Morgan fingerprint density at radius 2 is 2.26 bits per heavy atom. The molecule has 1 aromatic rings. The number of ether oxygens (including phenoxy) is 1. The van der Waals surface area contributed by atoms with Gasteiger partial charge in [-0.3, -0.25) is 0 Å². The lowest BCUT2D eigenvalue weighted by Crippen LogP contribution is -2.42. The highest BCUT2D eigenvalue weighted by atomic mass is 16.5. The second-order valence-electron chi connectivity index (χ2n) is 5.05. The van der Waals surface area contributed by atoms with Crippen molar-refractivity contribution in [2.24, 2.45) is 0 Å². The van der Waals surface area contributed by atoms with E-state index in [2.05, 4.69) is 23.2 Å². The first-order chi connectivity index (χ1) is 9.20. The molecule has 0 saturated carbocycles. The zero-order valence-electron chi connectivity index (χ0n) is 11.7. The summed E-state index contributed by atoms with van der Waals surface area (Å²) in [5.74, 6) is -0.278. The average molecular weight is 262 g/mol. The molecule has 0 bridgehead atoms. The maximum Gasteiger partial charge on any atom is 0.337 e. The van der Waals surface area contributed by atoms with Crippen molar-refractivity contribution in [1.82, 2.24) is 5.32 Å². The van der Waals surface area contributed by atoms with Crippen LogP contribution in [0.4, 0.5) is 5.69 Å². The highest BCUT2D eigenvalue weighted by molar-refractivity contribution is 5.90. The first-order valence-corrected chi connectivity index (χ1v) is 6.87. The Balaban J connectivity index is 2.16. The summed E-state index contributed by atoms with van der Waals surface area (Å²) in [4.78, 5) is 13.9. The van der Waals surface area contributed by atoms with E-state index in [4.69, 9.17) is 4.74 Å². The summed E-state index contributed by atoms with van der Waals surface area (Å²) >= 11 is 0. The van der Waals surface area contributed by atoms with Crippen LogP contribution in [0.5, 0.6) is 0 Å². The van der Waals surface area contributed by atoms with Gasteiger partial charge in [0.25, 0.3) is 0 Å². The summed E-state index contributed by atoms with van der Waals surface area (Å²) in [5.41, 5.74) is 1.71. The number of carbonyl (C=O) groups is 1. The second kappa shape index (κ2) is 6.57. The molecule has 2 rings (SSSR count). The molecule has 4 nitrogen and oxygen atoms in total. The average Bonchev–Trinajstić information content (AvgIpc) is 2.42. The summed E-state index contributed by atoms with van der Waals surface area (Å²) in [7, 11) is 1.41. The molecule has 0 amide bonds. The van der Waals surface area contributed by atoms with Crippen LogP contribution >= 0.6 is 0 Å². The maximum absolute atomic E-state index is 11.6. The Hall–Kier alpha value is -1.55. The molecule has 1 aliphatic heterocycles. The minimum Gasteiger partial charge on any atom is -0.465 e. The number of nitrogens with zero attached hydrogens (tertiary/aromatic N) is 1. The molecule has 4 heteroatoms. The predicted molar refractivity (Wildman–Crippen MR) is 76.7 cm³/mol. The van der Waals surface area contributed by atoms with Crippen molar-refractivity contribution in [1.29, 1.82) is 0 Å². The monoisotopic (exact) mass is 262 g/mol. The number of nitrogens with one attached hydrogen (secondary N) is 1. The van der Waals surface area contributed by atoms with Gasteiger partial charge in [0, 0.05) is 24.8 Å². The first-order valence-electron chi connectivity index (χ1n) is 6.87. The van der Waals surface area contributed by atoms with E-state index in [0.29, 0.717) is 11.6 Å². The van der Waals surface area contributed by atoms with Gasteiger partial charge in [-0.2, -0.15) is 0 Å². The molecule has 1 fully saturated rings. The molecule has 1 heterocycles. The standard InChI is InChI=1S/C15H22N2O2/c1-12-11-17(9-4-3-8-16-12)14-7-5-6-13(10-14)15(18)19-2/h5-7,10,12,16H,3-4,8-9,11H2,1-2H3. The fourth-order valence-electron chi connectivity index (χ4n) is 2.44. The largest absolute Gasteiger partial charge is 0.465 e. The lowest BCUT2D eigenvalue weighted by molar-refractivity contribution is 0.0601. The van der Waals surface area contributed by atoms with Crippen LogP contribution in [0.2, 0.25) is 0 Å². The van der Waals surface area contributed by atoms with Crippen molar-refractivity contribution in [3.05, 3.63) is 29.8 Å². The number of rotatable bonds is 2. The Bertz CT molecular complexity index is 434. The zero-order valence-corrected chi connectivity index (χ0v) is 11.7. The normalized spacial score (nSPS) is 20.5. The summed E-state index contributed by atoms with van der Waals surface area (Å²) < 4.78 is 4.77. The topological polar surface area (TPSA) is 41.6 Å². The molecule has 1 aromatic carbocycles. The predicted octanol–water partition coefficient (Wildman–Crippen LogP) is 2.05. The third-order valence-electron chi connectivity index (χ3n) is 3.47. The Kier molecular flexibility index (Phi) is 4.80. The van der Waals surface area contributed by atoms with Gasteiger partial charge < -0.3 is 15.0 Å². The third kappa shape index (κ3) is 3.70. The van der Waals surface area contributed by atoms with Crippen LogP contribution in [0.1, 0.15) is 30.1 Å². The lowest BCUT2D eigenvalue weighted by atomic mass is 10.1. The van der Waals surface area contributed by atoms with E-state index < -0.39 is 0 Å². The fraction of sp³-hybridized carbons (Fsp3) is 0.533. The van der Waals surface area contributed by atoms with E-state index in [1.165, 1.54) is 20.0 Å². The minimum atomic E-state index is -0.278. The number of hydrogen-bond donors (Lipinski definition) is 1. The summed E-state index contributed by atoms with van der Waals surface area (Å²) in [5, 5.41) is 3.50. The van der Waals surface area contributed by atoms with Crippen molar-refractivity contribution >= 4 is 11.7 Å². The highest BCUT2D eigenvalue weighted by Gasteiger charge is 2.15. The smallest absolute Gasteiger partial charge is 0.337 e. The molecular formula is C15H22N2O2. The summed E-state index contributed by atoms with van der Waals surface area (Å²) in [6.45, 7) is 5.29. The van der Waals surface area contributed by atoms with Gasteiger partial charge in [-0.05, 0) is 44.5 Å². The molecule has 1 unspecified atom stereocenters. The number of carbonyl (C=O) groups excluding carboxylic acids is 1. The second-order valence-corrected chi connectivity index (χ2v) is 5.05. The molecule has 0 spiro atoms. The van der Waals surface area contributed by atoms with Crippen molar-refractivity contribution in [3.63, 3.8) is 0 Å². The number of anilines is 1. The Labute approximate surface area is 114 Å². The molecule has 1 saturated heterocycles. The number of methoxy groups -OCH3 is 1. The highest BCUT2D eigenvalue weighted by Crippen LogP contribution is 2.18. The van der Waals surface area contributed by atoms with Crippen molar-refractivity contribution in [2.45, 2.75) is 25.8 Å². The van der Waals surface area contributed by atoms with Gasteiger partial charge in [0.05, 0.1) is 12.7 Å². The molecule has 1 N–H and O–H groups in total. The molecule has 0 aromatic heterocycles. The zero-order chi connectivity index (χ0) is 13.7. The SMILES string of the molecule is COC(=O)c1cccc(N2CCCCNC(C)C2)c1. The van der Waals surface area contributed by atoms with Gasteiger partial charge >= 0.3 is 5.97 Å². The third-order valence-corrected chi connectivity index (χ3v) is 3.47. The fourth-order valence-corrected chi connectivity index (χ4v) is 2.44. The van der Waals surface area contributed by atoms with E-state index in [9.17, 15) is 4.79 Å². The van der Waals surface area contributed by atoms with Gasteiger partial charge in [0.15, 0.2) is 0 Å². The van der Waals surface area contributed by atoms with Crippen molar-refractivity contribution in [2.75, 3.05) is 31.6 Å². The van der Waals surface area contributed by atoms with Gasteiger partial charge in [-0.25, -0.2) is 4.79 Å². The van der Waals surface area contributed by atoms with Crippen LogP contribution in [0.3, 0.4) is 0 Å². The van der Waals surface area contributed by atoms with Gasteiger partial charge in [-0.15, -0.1) is 0 Å². The summed E-state index contributed by atoms with van der Waals surface area (Å²) in [6.07, 6.45) is 2.36. The van der Waals surface area contributed by atoms with Crippen molar-refractivity contribution in [3.8, 4) is 0 Å². The molecule has 19 heavy (non-hydrogen) atoms. The minimum absolute atomic E-state index is 0.278. The van der Waals surface area contributed by atoms with Crippen LogP contribution in [-0.2, 0) is 4.74 Å². The van der Waals surface area contributed by atoms with Crippen LogP contribution in [0, 0.1) is 0 Å². The number of benzene rings is 1. The quantitative estimate of drug-likeness (QED) is 0.828. The van der Waals surface area contributed by atoms with Crippen LogP contribution in [0.15, 0.2) is 24.3 Å². The molecule has 0 radical (unpaired) electrons. The number of hydrogen-bond acceptors (Lipinski definition) is 4. The van der Waals surface area contributed by atoms with Crippen LogP contribution in [0.25, 0.3) is 0 Å². The van der Waals surface area contributed by atoms with Gasteiger partial charge in [0.2, 0.25) is 0 Å².